The Morgan fingerprint density at radius 3 is 2.14 bits per heavy atom. The Bertz CT molecular complexity index is 523. The second-order valence-electron chi connectivity index (χ2n) is 5.31. The van der Waals surface area contributed by atoms with Crippen molar-refractivity contribution in [3.05, 3.63) is 29.8 Å². The van der Waals surface area contributed by atoms with E-state index in [1.807, 2.05) is 20.8 Å². The van der Waals surface area contributed by atoms with Crippen LogP contribution in [0.25, 0.3) is 0 Å². The SMILES string of the molecule is Cc1ccc(NC(=O)C(=O)N[C@@H](CC(C)C)C(=O)O)cc1. The maximum absolute atomic E-state index is 11.7. The molecule has 0 heterocycles. The number of anilines is 1. The molecule has 0 aliphatic heterocycles. The van der Waals surface area contributed by atoms with Gasteiger partial charge in [-0.15, -0.1) is 0 Å². The number of hydrogen-bond acceptors (Lipinski definition) is 3. The normalized spacial score (nSPS) is 11.8. The van der Waals surface area contributed by atoms with Crippen LogP contribution in [-0.4, -0.2) is 28.9 Å². The van der Waals surface area contributed by atoms with Crippen LogP contribution in [0.4, 0.5) is 5.69 Å². The molecule has 0 aromatic heterocycles. The van der Waals surface area contributed by atoms with Crippen molar-refractivity contribution in [3.8, 4) is 0 Å². The fourth-order valence-corrected chi connectivity index (χ4v) is 1.74. The van der Waals surface area contributed by atoms with Crippen LogP contribution < -0.4 is 10.6 Å². The number of aryl methyl sites for hydroxylation is 1. The van der Waals surface area contributed by atoms with E-state index in [0.717, 1.165) is 5.56 Å². The fraction of sp³-hybridized carbons (Fsp3) is 0.400. The van der Waals surface area contributed by atoms with Gasteiger partial charge in [-0.05, 0) is 31.4 Å². The maximum Gasteiger partial charge on any atom is 0.326 e. The summed E-state index contributed by atoms with van der Waals surface area (Å²) < 4.78 is 0. The van der Waals surface area contributed by atoms with E-state index in [9.17, 15) is 14.4 Å². The van der Waals surface area contributed by atoms with Gasteiger partial charge in [0.1, 0.15) is 6.04 Å². The van der Waals surface area contributed by atoms with Gasteiger partial charge in [0.2, 0.25) is 0 Å². The zero-order valence-electron chi connectivity index (χ0n) is 12.3. The second-order valence-corrected chi connectivity index (χ2v) is 5.31. The monoisotopic (exact) mass is 292 g/mol. The molecule has 21 heavy (non-hydrogen) atoms. The van der Waals surface area contributed by atoms with Crippen LogP contribution in [-0.2, 0) is 14.4 Å². The van der Waals surface area contributed by atoms with Crippen molar-refractivity contribution in [2.75, 3.05) is 5.32 Å². The van der Waals surface area contributed by atoms with Crippen LogP contribution in [0.1, 0.15) is 25.8 Å². The largest absolute Gasteiger partial charge is 0.480 e. The maximum atomic E-state index is 11.7. The summed E-state index contributed by atoms with van der Waals surface area (Å²) in [5.41, 5.74) is 1.51. The Hall–Kier alpha value is -2.37. The molecule has 1 aromatic carbocycles. The number of carboxylic acid groups (broad SMARTS) is 1. The first kappa shape index (κ1) is 16.7. The van der Waals surface area contributed by atoms with Crippen LogP contribution in [0, 0.1) is 12.8 Å². The van der Waals surface area contributed by atoms with Gasteiger partial charge in [0, 0.05) is 5.69 Å². The summed E-state index contributed by atoms with van der Waals surface area (Å²) in [5.74, 6) is -2.90. The van der Waals surface area contributed by atoms with Crippen molar-refractivity contribution < 1.29 is 19.5 Å². The minimum absolute atomic E-state index is 0.0894. The molecule has 6 nitrogen and oxygen atoms in total. The summed E-state index contributed by atoms with van der Waals surface area (Å²) in [6, 6.07) is 5.87. The molecule has 0 aliphatic carbocycles. The molecule has 1 aromatic rings. The zero-order valence-corrected chi connectivity index (χ0v) is 12.3. The molecule has 114 valence electrons. The number of benzene rings is 1. The molecule has 1 rings (SSSR count). The van der Waals surface area contributed by atoms with Crippen LogP contribution in [0.5, 0.6) is 0 Å². The highest BCUT2D eigenvalue weighted by atomic mass is 16.4. The molecule has 2 amide bonds. The smallest absolute Gasteiger partial charge is 0.326 e. The Morgan fingerprint density at radius 2 is 1.67 bits per heavy atom. The molecule has 0 spiro atoms. The van der Waals surface area contributed by atoms with Crippen molar-refractivity contribution in [2.24, 2.45) is 5.92 Å². The van der Waals surface area contributed by atoms with Crippen LogP contribution in [0.15, 0.2) is 24.3 Å². The van der Waals surface area contributed by atoms with Gasteiger partial charge in [-0.1, -0.05) is 31.5 Å². The second kappa shape index (κ2) is 7.42. The predicted molar refractivity (Wildman–Crippen MR) is 78.8 cm³/mol. The quantitative estimate of drug-likeness (QED) is 0.717. The molecule has 0 bridgehead atoms. The minimum Gasteiger partial charge on any atom is -0.480 e. The minimum atomic E-state index is -1.15. The van der Waals surface area contributed by atoms with E-state index in [-0.39, 0.29) is 12.3 Å². The van der Waals surface area contributed by atoms with E-state index >= 15 is 0 Å². The average molecular weight is 292 g/mol. The lowest BCUT2D eigenvalue weighted by molar-refractivity contribution is -0.144. The summed E-state index contributed by atoms with van der Waals surface area (Å²) in [5, 5.41) is 13.7. The van der Waals surface area contributed by atoms with Crippen molar-refractivity contribution in [1.29, 1.82) is 0 Å². The standard InChI is InChI=1S/C15H20N2O4/c1-9(2)8-12(15(20)21)17-14(19)13(18)16-11-6-4-10(3)5-7-11/h4-7,9,12H,8H2,1-3H3,(H,16,18)(H,17,19)(H,20,21)/t12-/m0/s1. The van der Waals surface area contributed by atoms with Gasteiger partial charge < -0.3 is 15.7 Å². The molecule has 0 saturated carbocycles. The summed E-state index contributed by atoms with van der Waals surface area (Å²) in [7, 11) is 0. The first-order valence-corrected chi connectivity index (χ1v) is 6.71. The number of carbonyl (C=O) groups is 3. The van der Waals surface area contributed by atoms with E-state index in [1.165, 1.54) is 0 Å². The van der Waals surface area contributed by atoms with Crippen molar-refractivity contribution in [3.63, 3.8) is 0 Å². The van der Waals surface area contributed by atoms with E-state index in [2.05, 4.69) is 10.6 Å². The van der Waals surface area contributed by atoms with Crippen LogP contribution >= 0.6 is 0 Å². The van der Waals surface area contributed by atoms with Gasteiger partial charge in [-0.25, -0.2) is 4.79 Å². The van der Waals surface area contributed by atoms with Gasteiger partial charge >= 0.3 is 17.8 Å². The highest BCUT2D eigenvalue weighted by Gasteiger charge is 2.24. The number of aliphatic carboxylic acids is 1. The molecule has 0 fully saturated rings. The summed E-state index contributed by atoms with van der Waals surface area (Å²) in [6.45, 7) is 5.59. The predicted octanol–water partition coefficient (Wildman–Crippen LogP) is 1.55. The Morgan fingerprint density at radius 1 is 1.10 bits per heavy atom. The zero-order chi connectivity index (χ0) is 16.0. The Balaban J connectivity index is 2.62. The third-order valence-corrected chi connectivity index (χ3v) is 2.83. The number of amides is 2. The molecule has 0 unspecified atom stereocenters. The molecule has 6 heteroatoms. The average Bonchev–Trinajstić information content (AvgIpc) is 2.39. The molecular weight excluding hydrogens is 272 g/mol. The van der Waals surface area contributed by atoms with Gasteiger partial charge in [-0.2, -0.15) is 0 Å². The van der Waals surface area contributed by atoms with Gasteiger partial charge in [-0.3, -0.25) is 9.59 Å². The number of rotatable bonds is 5. The Kier molecular flexibility index (Phi) is 5.90. The van der Waals surface area contributed by atoms with Crippen molar-refractivity contribution in [2.45, 2.75) is 33.2 Å². The molecular formula is C15H20N2O4. The summed E-state index contributed by atoms with van der Waals surface area (Å²) >= 11 is 0. The number of hydrogen-bond donors (Lipinski definition) is 3. The fourth-order valence-electron chi connectivity index (χ4n) is 1.74. The van der Waals surface area contributed by atoms with Gasteiger partial charge in [0.05, 0.1) is 0 Å². The lowest BCUT2D eigenvalue weighted by Gasteiger charge is -2.16. The summed E-state index contributed by atoms with van der Waals surface area (Å²) in [4.78, 5) is 34.5. The van der Waals surface area contributed by atoms with E-state index in [4.69, 9.17) is 5.11 Å². The van der Waals surface area contributed by atoms with Crippen molar-refractivity contribution >= 4 is 23.5 Å². The van der Waals surface area contributed by atoms with E-state index in [1.54, 1.807) is 24.3 Å². The molecule has 0 radical (unpaired) electrons. The third kappa shape index (κ3) is 5.64. The van der Waals surface area contributed by atoms with Gasteiger partial charge in [0.25, 0.3) is 0 Å². The lowest BCUT2D eigenvalue weighted by atomic mass is 10.0. The molecule has 1 atom stereocenters. The third-order valence-electron chi connectivity index (χ3n) is 2.83. The molecule has 0 aliphatic rings. The molecule has 0 saturated heterocycles. The Labute approximate surface area is 123 Å². The van der Waals surface area contributed by atoms with Crippen LogP contribution in [0.3, 0.4) is 0 Å². The lowest BCUT2D eigenvalue weighted by Crippen LogP contribution is -2.46. The van der Waals surface area contributed by atoms with E-state index < -0.39 is 23.8 Å². The first-order valence-electron chi connectivity index (χ1n) is 6.71. The number of carbonyl (C=O) groups excluding carboxylic acids is 2. The highest BCUT2D eigenvalue weighted by Crippen LogP contribution is 2.09. The van der Waals surface area contributed by atoms with Crippen LogP contribution in [0.2, 0.25) is 0 Å². The first-order chi connectivity index (χ1) is 9.79. The molecule has 3 N–H and O–H groups in total. The van der Waals surface area contributed by atoms with Gasteiger partial charge in [0.15, 0.2) is 0 Å². The van der Waals surface area contributed by atoms with E-state index in [0.29, 0.717) is 5.69 Å². The highest BCUT2D eigenvalue weighted by molar-refractivity contribution is 6.40. The summed E-state index contributed by atoms with van der Waals surface area (Å²) in [6.07, 6.45) is 0.263. The topological polar surface area (TPSA) is 95.5 Å². The van der Waals surface area contributed by atoms with Crippen molar-refractivity contribution in [1.82, 2.24) is 5.32 Å². The number of nitrogens with one attached hydrogen (secondary N) is 2. The number of carboxylic acids is 1.